The number of rotatable bonds is 4. The van der Waals surface area contributed by atoms with E-state index in [1.807, 2.05) is 24.3 Å². The van der Waals surface area contributed by atoms with Gasteiger partial charge in [0, 0.05) is 11.0 Å². The van der Waals surface area contributed by atoms with Gasteiger partial charge in [0.15, 0.2) is 0 Å². The maximum Gasteiger partial charge on any atom is 0.126 e. The van der Waals surface area contributed by atoms with Crippen molar-refractivity contribution in [2.45, 2.75) is 13.3 Å². The van der Waals surface area contributed by atoms with E-state index in [0.29, 0.717) is 0 Å². The predicted molar refractivity (Wildman–Crippen MR) is 74.0 cm³/mol. The van der Waals surface area contributed by atoms with Crippen molar-refractivity contribution < 1.29 is 0 Å². The SMILES string of the molecule is CCCNc1cccc(-c2sccc2Br)n1. The Bertz CT molecular complexity index is 468. The Balaban J connectivity index is 2.26. The van der Waals surface area contributed by atoms with E-state index < -0.39 is 0 Å². The van der Waals surface area contributed by atoms with E-state index in [9.17, 15) is 0 Å². The zero-order valence-corrected chi connectivity index (χ0v) is 11.4. The number of hydrogen-bond donors (Lipinski definition) is 1. The van der Waals surface area contributed by atoms with Crippen LogP contribution in [0.1, 0.15) is 13.3 Å². The number of halogens is 1. The third-order valence-electron chi connectivity index (χ3n) is 2.16. The van der Waals surface area contributed by atoms with Crippen molar-refractivity contribution in [2.24, 2.45) is 0 Å². The standard InChI is InChI=1S/C12H13BrN2S/c1-2-7-14-11-5-3-4-10(15-11)12-9(13)6-8-16-12/h3-6,8H,2,7H2,1H3,(H,14,15). The summed E-state index contributed by atoms with van der Waals surface area (Å²) in [5.41, 5.74) is 1.02. The van der Waals surface area contributed by atoms with Crippen LogP contribution in [0.25, 0.3) is 10.6 Å². The molecule has 0 atom stereocenters. The molecule has 2 aromatic heterocycles. The van der Waals surface area contributed by atoms with Crippen LogP contribution in [0.4, 0.5) is 5.82 Å². The van der Waals surface area contributed by atoms with Crippen LogP contribution in [0.3, 0.4) is 0 Å². The Labute approximate surface area is 108 Å². The van der Waals surface area contributed by atoms with Gasteiger partial charge in [0.2, 0.25) is 0 Å². The average Bonchev–Trinajstić information content (AvgIpc) is 2.73. The van der Waals surface area contributed by atoms with Gasteiger partial charge in [-0.2, -0.15) is 0 Å². The summed E-state index contributed by atoms with van der Waals surface area (Å²) in [7, 11) is 0. The van der Waals surface area contributed by atoms with Gasteiger partial charge in [-0.3, -0.25) is 0 Å². The highest BCUT2D eigenvalue weighted by Crippen LogP contribution is 2.32. The summed E-state index contributed by atoms with van der Waals surface area (Å²) in [6.07, 6.45) is 1.11. The number of nitrogens with zero attached hydrogens (tertiary/aromatic N) is 1. The number of anilines is 1. The molecule has 2 rings (SSSR count). The van der Waals surface area contributed by atoms with Gasteiger partial charge in [0.05, 0.1) is 10.6 Å². The normalized spacial score (nSPS) is 10.4. The first kappa shape index (κ1) is 11.6. The monoisotopic (exact) mass is 296 g/mol. The van der Waals surface area contributed by atoms with Crippen LogP contribution in [0.5, 0.6) is 0 Å². The Kier molecular flexibility index (Phi) is 3.96. The Morgan fingerprint density at radius 3 is 2.94 bits per heavy atom. The fourth-order valence-electron chi connectivity index (χ4n) is 1.39. The number of nitrogens with one attached hydrogen (secondary N) is 1. The molecule has 2 aromatic rings. The summed E-state index contributed by atoms with van der Waals surface area (Å²) in [6, 6.07) is 8.12. The Hall–Kier alpha value is -0.870. The minimum atomic E-state index is 0.944. The lowest BCUT2D eigenvalue weighted by Gasteiger charge is -2.05. The van der Waals surface area contributed by atoms with Gasteiger partial charge in [-0.15, -0.1) is 11.3 Å². The third-order valence-corrected chi connectivity index (χ3v) is 4.02. The first-order chi connectivity index (χ1) is 7.81. The lowest BCUT2D eigenvalue weighted by molar-refractivity contribution is 0.970. The van der Waals surface area contributed by atoms with Crippen LogP contribution < -0.4 is 5.32 Å². The number of hydrogen-bond acceptors (Lipinski definition) is 3. The lowest BCUT2D eigenvalue weighted by Crippen LogP contribution is -2.01. The van der Waals surface area contributed by atoms with Gasteiger partial charge in [0.1, 0.15) is 5.82 Å². The van der Waals surface area contributed by atoms with Crippen molar-refractivity contribution in [1.29, 1.82) is 0 Å². The zero-order chi connectivity index (χ0) is 11.4. The molecule has 2 nitrogen and oxygen atoms in total. The van der Waals surface area contributed by atoms with Crippen LogP contribution in [0, 0.1) is 0 Å². The summed E-state index contributed by atoms with van der Waals surface area (Å²) in [6.45, 7) is 3.11. The summed E-state index contributed by atoms with van der Waals surface area (Å²) in [4.78, 5) is 5.76. The minimum absolute atomic E-state index is 0.944. The van der Waals surface area contributed by atoms with E-state index in [4.69, 9.17) is 0 Å². The maximum absolute atomic E-state index is 4.58. The van der Waals surface area contributed by atoms with Gasteiger partial charge in [0.25, 0.3) is 0 Å². The molecule has 0 spiro atoms. The average molecular weight is 297 g/mol. The van der Waals surface area contributed by atoms with Gasteiger partial charge in [-0.25, -0.2) is 4.98 Å². The largest absolute Gasteiger partial charge is 0.370 e. The quantitative estimate of drug-likeness (QED) is 0.905. The predicted octanol–water partition coefficient (Wildman–Crippen LogP) is 4.39. The first-order valence-corrected chi connectivity index (χ1v) is 6.93. The van der Waals surface area contributed by atoms with Crippen molar-refractivity contribution in [3.05, 3.63) is 34.1 Å². The molecule has 1 N–H and O–H groups in total. The van der Waals surface area contributed by atoms with E-state index >= 15 is 0 Å². The number of aromatic nitrogens is 1. The molecule has 0 saturated carbocycles. The molecule has 0 aliphatic rings. The molecule has 0 aliphatic heterocycles. The van der Waals surface area contributed by atoms with Crippen molar-refractivity contribution in [3.8, 4) is 10.6 Å². The highest BCUT2D eigenvalue weighted by molar-refractivity contribution is 9.10. The summed E-state index contributed by atoms with van der Waals surface area (Å²) in [5.74, 6) is 0.944. The summed E-state index contributed by atoms with van der Waals surface area (Å²) >= 11 is 5.23. The zero-order valence-electron chi connectivity index (χ0n) is 9.03. The minimum Gasteiger partial charge on any atom is -0.370 e. The molecule has 0 aliphatic carbocycles. The highest BCUT2D eigenvalue weighted by atomic mass is 79.9. The molecule has 16 heavy (non-hydrogen) atoms. The van der Waals surface area contributed by atoms with Crippen LogP contribution in [-0.4, -0.2) is 11.5 Å². The summed E-state index contributed by atoms with van der Waals surface area (Å²) in [5, 5.41) is 5.36. The maximum atomic E-state index is 4.58. The van der Waals surface area contributed by atoms with Gasteiger partial charge < -0.3 is 5.32 Å². The summed E-state index contributed by atoms with van der Waals surface area (Å²) < 4.78 is 1.11. The molecule has 0 amide bonds. The van der Waals surface area contributed by atoms with Crippen LogP contribution >= 0.6 is 27.3 Å². The lowest BCUT2D eigenvalue weighted by atomic mass is 10.3. The molecule has 0 unspecified atom stereocenters. The van der Waals surface area contributed by atoms with Gasteiger partial charge >= 0.3 is 0 Å². The fourth-order valence-corrected chi connectivity index (χ4v) is 2.94. The molecule has 2 heterocycles. The van der Waals surface area contributed by atoms with E-state index in [0.717, 1.165) is 29.0 Å². The van der Waals surface area contributed by atoms with E-state index in [-0.39, 0.29) is 0 Å². The molecule has 0 fully saturated rings. The molecule has 0 aromatic carbocycles. The first-order valence-electron chi connectivity index (χ1n) is 5.25. The van der Waals surface area contributed by atoms with Crippen LogP contribution in [0.2, 0.25) is 0 Å². The van der Waals surface area contributed by atoms with E-state index in [2.05, 4.69) is 38.5 Å². The molecular weight excluding hydrogens is 284 g/mol. The van der Waals surface area contributed by atoms with E-state index in [1.165, 1.54) is 4.88 Å². The second-order valence-corrected chi connectivity index (χ2v) is 5.20. The van der Waals surface area contributed by atoms with Crippen molar-refractivity contribution >= 4 is 33.1 Å². The van der Waals surface area contributed by atoms with Crippen molar-refractivity contribution in [1.82, 2.24) is 4.98 Å². The molecule has 0 radical (unpaired) electrons. The highest BCUT2D eigenvalue weighted by Gasteiger charge is 2.06. The molecule has 84 valence electrons. The number of pyridine rings is 1. The smallest absolute Gasteiger partial charge is 0.126 e. The second kappa shape index (κ2) is 5.46. The van der Waals surface area contributed by atoms with Gasteiger partial charge in [-0.1, -0.05) is 13.0 Å². The Morgan fingerprint density at radius 1 is 1.38 bits per heavy atom. The third kappa shape index (κ3) is 2.62. The van der Waals surface area contributed by atoms with Crippen LogP contribution in [-0.2, 0) is 0 Å². The Morgan fingerprint density at radius 2 is 2.25 bits per heavy atom. The fraction of sp³-hybridized carbons (Fsp3) is 0.250. The molecule has 0 bridgehead atoms. The molecule has 0 saturated heterocycles. The van der Waals surface area contributed by atoms with Crippen molar-refractivity contribution in [3.63, 3.8) is 0 Å². The van der Waals surface area contributed by atoms with Crippen molar-refractivity contribution in [2.75, 3.05) is 11.9 Å². The molecular formula is C12H13BrN2S. The second-order valence-electron chi connectivity index (χ2n) is 3.43. The number of thiophene rings is 1. The van der Waals surface area contributed by atoms with E-state index in [1.54, 1.807) is 11.3 Å². The molecule has 4 heteroatoms. The van der Waals surface area contributed by atoms with Crippen LogP contribution in [0.15, 0.2) is 34.1 Å². The topological polar surface area (TPSA) is 24.9 Å². The van der Waals surface area contributed by atoms with Gasteiger partial charge in [-0.05, 0) is 45.9 Å².